The van der Waals surface area contributed by atoms with E-state index in [2.05, 4.69) is 15.9 Å². The Morgan fingerprint density at radius 1 is 1.38 bits per heavy atom. The SMILES string of the molecule is COc1ccc(-n2c([C@@]3(C)CCCN3C(=O)O)nc3c(Br)cc(C#N)cc3c2=O)cc1F. The highest BCUT2D eigenvalue weighted by molar-refractivity contribution is 9.10. The molecule has 32 heavy (non-hydrogen) atoms. The van der Waals surface area contributed by atoms with Gasteiger partial charge in [-0.05, 0) is 60.0 Å². The molecule has 0 aliphatic carbocycles. The summed E-state index contributed by atoms with van der Waals surface area (Å²) >= 11 is 3.37. The summed E-state index contributed by atoms with van der Waals surface area (Å²) in [5.74, 6) is -0.503. The molecule has 2 aromatic carbocycles. The number of fused-ring (bicyclic) bond motifs is 1. The predicted molar refractivity (Wildman–Crippen MR) is 118 cm³/mol. The van der Waals surface area contributed by atoms with Crippen molar-refractivity contribution in [3.05, 3.63) is 62.4 Å². The van der Waals surface area contributed by atoms with Gasteiger partial charge in [0, 0.05) is 17.1 Å². The molecule has 10 heteroatoms. The third kappa shape index (κ3) is 3.29. The Kier molecular flexibility index (Phi) is 5.38. The number of halogens is 2. The Hall–Kier alpha value is -3.45. The number of hydrogen-bond donors (Lipinski definition) is 1. The molecule has 0 spiro atoms. The van der Waals surface area contributed by atoms with Crippen LogP contribution in [0, 0.1) is 17.1 Å². The van der Waals surface area contributed by atoms with Gasteiger partial charge >= 0.3 is 6.09 Å². The second-order valence-electron chi connectivity index (χ2n) is 7.67. The van der Waals surface area contributed by atoms with Crippen LogP contribution in [0.2, 0.25) is 0 Å². The van der Waals surface area contributed by atoms with E-state index in [1.165, 1.54) is 34.8 Å². The molecule has 3 aromatic rings. The number of amides is 1. The highest BCUT2D eigenvalue weighted by Crippen LogP contribution is 2.39. The summed E-state index contributed by atoms with van der Waals surface area (Å²) in [6.45, 7) is 1.99. The van der Waals surface area contributed by atoms with Crippen LogP contribution in [0.15, 0.2) is 39.6 Å². The quantitative estimate of drug-likeness (QED) is 0.578. The monoisotopic (exact) mass is 500 g/mol. The van der Waals surface area contributed by atoms with Gasteiger partial charge in [-0.25, -0.2) is 14.2 Å². The number of carboxylic acid groups (broad SMARTS) is 1. The van der Waals surface area contributed by atoms with Gasteiger partial charge in [0.2, 0.25) is 0 Å². The van der Waals surface area contributed by atoms with Crippen molar-refractivity contribution in [1.29, 1.82) is 5.26 Å². The van der Waals surface area contributed by atoms with E-state index in [0.717, 1.165) is 6.07 Å². The first-order chi connectivity index (χ1) is 15.2. The standard InChI is InChI=1S/C22H18BrFN4O4/c1-22(6-3-7-27(22)21(30)31)20-26-18-14(8-12(11-25)9-15(18)23)19(29)28(20)13-4-5-17(32-2)16(24)10-13/h4-5,8-10H,3,6-7H2,1-2H3,(H,30,31)/t22-/m1/s1. The average Bonchev–Trinajstić information content (AvgIpc) is 3.16. The van der Waals surface area contributed by atoms with Crippen LogP contribution in [0.3, 0.4) is 0 Å². The van der Waals surface area contributed by atoms with Crippen LogP contribution in [-0.4, -0.2) is 39.3 Å². The van der Waals surface area contributed by atoms with Crippen molar-refractivity contribution in [2.75, 3.05) is 13.7 Å². The maximum absolute atomic E-state index is 14.6. The number of hydrogen-bond acceptors (Lipinski definition) is 5. The fraction of sp³-hybridized carbons (Fsp3) is 0.273. The number of methoxy groups -OCH3 is 1. The van der Waals surface area contributed by atoms with Gasteiger partial charge in [0.05, 0.1) is 35.3 Å². The smallest absolute Gasteiger partial charge is 0.408 e. The largest absolute Gasteiger partial charge is 0.494 e. The molecule has 1 N–H and O–H groups in total. The highest BCUT2D eigenvalue weighted by atomic mass is 79.9. The van der Waals surface area contributed by atoms with Gasteiger partial charge in [-0.1, -0.05) is 0 Å². The molecule has 1 saturated heterocycles. The predicted octanol–water partition coefficient (Wildman–Crippen LogP) is 4.16. The molecule has 164 valence electrons. The number of likely N-dealkylation sites (tertiary alicyclic amines) is 1. The summed E-state index contributed by atoms with van der Waals surface area (Å²) in [7, 11) is 1.33. The normalized spacial score (nSPS) is 18.0. The fourth-order valence-corrected chi connectivity index (χ4v) is 4.76. The number of carbonyl (C=O) groups is 1. The van der Waals surface area contributed by atoms with Gasteiger partial charge in [-0.2, -0.15) is 5.26 Å². The zero-order valence-electron chi connectivity index (χ0n) is 17.2. The lowest BCUT2D eigenvalue weighted by Crippen LogP contribution is -2.46. The number of nitrogens with zero attached hydrogens (tertiary/aromatic N) is 4. The van der Waals surface area contributed by atoms with Gasteiger partial charge in [0.1, 0.15) is 11.4 Å². The number of nitriles is 1. The van der Waals surface area contributed by atoms with E-state index in [0.29, 0.717) is 22.8 Å². The minimum Gasteiger partial charge on any atom is -0.494 e. The van der Waals surface area contributed by atoms with E-state index in [1.807, 2.05) is 6.07 Å². The van der Waals surface area contributed by atoms with Crippen molar-refractivity contribution < 1.29 is 19.0 Å². The summed E-state index contributed by atoms with van der Waals surface area (Å²) in [5, 5.41) is 19.3. The Labute approximate surface area is 190 Å². The molecule has 0 radical (unpaired) electrons. The molecule has 1 aromatic heterocycles. The lowest BCUT2D eigenvalue weighted by molar-refractivity contribution is 0.104. The maximum Gasteiger partial charge on any atom is 0.408 e. The first kappa shape index (κ1) is 21.8. The van der Waals surface area contributed by atoms with Crippen LogP contribution in [0.25, 0.3) is 16.6 Å². The van der Waals surface area contributed by atoms with E-state index in [9.17, 15) is 24.3 Å². The lowest BCUT2D eigenvalue weighted by Gasteiger charge is -2.34. The summed E-state index contributed by atoms with van der Waals surface area (Å²) in [6.07, 6.45) is -0.114. The number of ether oxygens (including phenoxy) is 1. The maximum atomic E-state index is 14.6. The average molecular weight is 501 g/mol. The first-order valence-electron chi connectivity index (χ1n) is 9.72. The molecular weight excluding hydrogens is 483 g/mol. The minimum absolute atomic E-state index is 0.00542. The Bertz CT molecular complexity index is 1370. The zero-order chi connectivity index (χ0) is 23.2. The van der Waals surface area contributed by atoms with Gasteiger partial charge in [-0.15, -0.1) is 0 Å². The van der Waals surface area contributed by atoms with Crippen molar-refractivity contribution in [1.82, 2.24) is 14.5 Å². The highest BCUT2D eigenvalue weighted by Gasteiger charge is 2.45. The van der Waals surface area contributed by atoms with Crippen LogP contribution in [0.1, 0.15) is 31.2 Å². The lowest BCUT2D eigenvalue weighted by atomic mass is 9.96. The van der Waals surface area contributed by atoms with E-state index >= 15 is 0 Å². The summed E-state index contributed by atoms with van der Waals surface area (Å²) in [6, 6.07) is 9.00. The zero-order valence-corrected chi connectivity index (χ0v) is 18.8. The molecular formula is C22H18BrFN4O4. The molecule has 0 bridgehead atoms. The molecule has 0 unspecified atom stereocenters. The van der Waals surface area contributed by atoms with Crippen LogP contribution in [0.5, 0.6) is 5.75 Å². The second kappa shape index (κ2) is 7.91. The van der Waals surface area contributed by atoms with Gasteiger partial charge in [-0.3, -0.25) is 14.3 Å². The molecule has 1 aliphatic rings. The second-order valence-corrected chi connectivity index (χ2v) is 8.53. The molecule has 1 amide bonds. The van der Waals surface area contributed by atoms with E-state index in [-0.39, 0.29) is 34.8 Å². The van der Waals surface area contributed by atoms with E-state index in [1.54, 1.807) is 13.0 Å². The number of benzene rings is 2. The molecule has 8 nitrogen and oxygen atoms in total. The Morgan fingerprint density at radius 3 is 2.75 bits per heavy atom. The van der Waals surface area contributed by atoms with Crippen molar-refractivity contribution in [2.45, 2.75) is 25.3 Å². The fourth-order valence-electron chi connectivity index (χ4n) is 4.21. The van der Waals surface area contributed by atoms with Crippen LogP contribution in [-0.2, 0) is 5.54 Å². The topological polar surface area (TPSA) is 108 Å². The molecule has 2 heterocycles. The molecule has 1 aliphatic heterocycles. The summed E-state index contributed by atoms with van der Waals surface area (Å²) < 4.78 is 21.2. The number of aromatic nitrogens is 2. The molecule has 4 rings (SSSR count). The Balaban J connectivity index is 2.13. The minimum atomic E-state index is -1.13. The van der Waals surface area contributed by atoms with Crippen molar-refractivity contribution in [2.24, 2.45) is 0 Å². The first-order valence-corrected chi connectivity index (χ1v) is 10.5. The number of rotatable bonds is 3. The van der Waals surface area contributed by atoms with E-state index in [4.69, 9.17) is 9.72 Å². The molecule has 1 atom stereocenters. The van der Waals surface area contributed by atoms with Gasteiger partial charge < -0.3 is 9.84 Å². The van der Waals surface area contributed by atoms with Crippen LogP contribution >= 0.6 is 15.9 Å². The van der Waals surface area contributed by atoms with Crippen molar-refractivity contribution in [3.8, 4) is 17.5 Å². The summed E-state index contributed by atoms with van der Waals surface area (Å²) in [5.41, 5.74) is -0.931. The van der Waals surface area contributed by atoms with Crippen LogP contribution < -0.4 is 10.3 Å². The third-order valence-corrected chi connectivity index (χ3v) is 6.41. The Morgan fingerprint density at radius 2 is 2.12 bits per heavy atom. The molecule has 1 fully saturated rings. The van der Waals surface area contributed by atoms with Gasteiger partial charge in [0.25, 0.3) is 5.56 Å². The third-order valence-electron chi connectivity index (χ3n) is 5.80. The van der Waals surface area contributed by atoms with Crippen molar-refractivity contribution >= 4 is 32.9 Å². The summed E-state index contributed by atoms with van der Waals surface area (Å²) in [4.78, 5) is 31.6. The van der Waals surface area contributed by atoms with E-state index < -0.39 is 23.0 Å². The molecule has 0 saturated carbocycles. The van der Waals surface area contributed by atoms with Gasteiger partial charge in [0.15, 0.2) is 11.6 Å². The van der Waals surface area contributed by atoms with Crippen molar-refractivity contribution in [3.63, 3.8) is 0 Å². The van der Waals surface area contributed by atoms with Crippen LogP contribution in [0.4, 0.5) is 9.18 Å².